The number of carbonyl (C=O) groups is 1. The minimum absolute atomic E-state index is 0.0000615. The summed E-state index contributed by atoms with van der Waals surface area (Å²) in [6, 6.07) is 17.2. The molecule has 2 N–H and O–H groups in total. The van der Waals surface area contributed by atoms with Gasteiger partial charge in [-0.15, -0.1) is 10.2 Å². The summed E-state index contributed by atoms with van der Waals surface area (Å²) in [5.41, 5.74) is 2.67. The Hall–Kier alpha value is -3.55. The number of hydrogen-bond donors (Lipinski definition) is 2. The highest BCUT2D eigenvalue weighted by atomic mass is 16.2. The van der Waals surface area contributed by atoms with Crippen LogP contribution in [-0.4, -0.2) is 36.1 Å². The third-order valence-electron chi connectivity index (χ3n) is 3.66. The van der Waals surface area contributed by atoms with Gasteiger partial charge in [-0.3, -0.25) is 4.79 Å². The predicted octanol–water partition coefficient (Wildman–Crippen LogP) is 1.53. The molecule has 2 aromatic heterocycles. The summed E-state index contributed by atoms with van der Waals surface area (Å²) < 4.78 is 0. The number of rotatable bonds is 5. The van der Waals surface area contributed by atoms with E-state index in [2.05, 4.69) is 30.7 Å². The minimum Gasteiger partial charge on any atom is -0.347 e. The summed E-state index contributed by atoms with van der Waals surface area (Å²) in [7, 11) is 0. The van der Waals surface area contributed by atoms with Gasteiger partial charge >= 0.3 is 0 Å². The SMILES string of the molecule is O=C(Cn1nnc(-c2ccccc2)n1)NCc1nc2ccccc2[nH]1. The van der Waals surface area contributed by atoms with Crippen molar-refractivity contribution < 1.29 is 4.79 Å². The van der Waals surface area contributed by atoms with Crippen molar-refractivity contribution in [3.8, 4) is 11.4 Å². The van der Waals surface area contributed by atoms with Gasteiger partial charge in [0.25, 0.3) is 0 Å². The highest BCUT2D eigenvalue weighted by Gasteiger charge is 2.10. The molecule has 0 aliphatic heterocycles. The zero-order chi connectivity index (χ0) is 17.1. The maximum Gasteiger partial charge on any atom is 0.244 e. The molecule has 0 bridgehead atoms. The fourth-order valence-electron chi connectivity index (χ4n) is 2.47. The first-order valence-electron chi connectivity index (χ1n) is 7.81. The number of amides is 1. The van der Waals surface area contributed by atoms with Gasteiger partial charge in [-0.25, -0.2) is 4.98 Å². The first-order valence-corrected chi connectivity index (χ1v) is 7.81. The maximum atomic E-state index is 12.1. The molecule has 4 rings (SSSR count). The Morgan fingerprint density at radius 3 is 2.72 bits per heavy atom. The van der Waals surface area contributed by atoms with E-state index in [1.165, 1.54) is 4.80 Å². The van der Waals surface area contributed by atoms with Crippen LogP contribution in [0.25, 0.3) is 22.4 Å². The number of fused-ring (bicyclic) bond motifs is 1. The Morgan fingerprint density at radius 2 is 1.88 bits per heavy atom. The molecule has 0 radical (unpaired) electrons. The van der Waals surface area contributed by atoms with E-state index in [4.69, 9.17) is 0 Å². The minimum atomic E-state index is -0.211. The standard InChI is InChI=1S/C17H15N7O/c25-16(18-10-15-19-13-8-4-5-9-14(13)20-15)11-24-22-17(21-23-24)12-6-2-1-3-7-12/h1-9H,10-11H2,(H,18,25)(H,19,20). The van der Waals surface area contributed by atoms with E-state index in [9.17, 15) is 4.79 Å². The van der Waals surface area contributed by atoms with Gasteiger partial charge < -0.3 is 10.3 Å². The molecule has 0 spiro atoms. The predicted molar refractivity (Wildman–Crippen MR) is 91.2 cm³/mol. The zero-order valence-corrected chi connectivity index (χ0v) is 13.3. The summed E-state index contributed by atoms with van der Waals surface area (Å²) in [6.07, 6.45) is 0. The van der Waals surface area contributed by atoms with Crippen LogP contribution >= 0.6 is 0 Å². The highest BCUT2D eigenvalue weighted by Crippen LogP contribution is 2.12. The number of aromatic amines is 1. The monoisotopic (exact) mass is 333 g/mol. The second-order valence-electron chi connectivity index (χ2n) is 5.49. The van der Waals surface area contributed by atoms with Gasteiger partial charge in [-0.2, -0.15) is 4.80 Å². The molecule has 4 aromatic rings. The van der Waals surface area contributed by atoms with Crippen molar-refractivity contribution in [3.05, 3.63) is 60.4 Å². The average Bonchev–Trinajstić information content (AvgIpc) is 3.27. The first-order chi connectivity index (χ1) is 12.3. The lowest BCUT2D eigenvalue weighted by atomic mass is 10.2. The Labute approximate surface area is 142 Å². The van der Waals surface area contributed by atoms with Crippen LogP contribution in [0.1, 0.15) is 5.82 Å². The summed E-state index contributed by atoms with van der Waals surface area (Å²) in [5.74, 6) is 0.981. The summed E-state index contributed by atoms with van der Waals surface area (Å²) in [5, 5.41) is 14.9. The molecule has 1 amide bonds. The van der Waals surface area contributed by atoms with Crippen LogP contribution in [-0.2, 0) is 17.9 Å². The number of nitrogens with zero attached hydrogens (tertiary/aromatic N) is 5. The molecule has 0 atom stereocenters. The number of imidazole rings is 1. The fourth-order valence-corrected chi connectivity index (χ4v) is 2.47. The highest BCUT2D eigenvalue weighted by molar-refractivity contribution is 5.76. The van der Waals surface area contributed by atoms with Gasteiger partial charge in [-0.1, -0.05) is 42.5 Å². The molecule has 0 fully saturated rings. The molecule has 0 aliphatic rings. The van der Waals surface area contributed by atoms with Crippen LogP contribution in [0.4, 0.5) is 0 Å². The largest absolute Gasteiger partial charge is 0.347 e. The number of tetrazole rings is 1. The Balaban J connectivity index is 1.37. The van der Waals surface area contributed by atoms with Gasteiger partial charge in [0.05, 0.1) is 17.6 Å². The normalized spacial score (nSPS) is 10.9. The van der Waals surface area contributed by atoms with Gasteiger partial charge in [0.2, 0.25) is 11.7 Å². The topological polar surface area (TPSA) is 101 Å². The molecule has 0 aliphatic carbocycles. The molecule has 0 unspecified atom stereocenters. The van der Waals surface area contributed by atoms with Crippen molar-refractivity contribution in [2.45, 2.75) is 13.1 Å². The molecule has 25 heavy (non-hydrogen) atoms. The number of carbonyl (C=O) groups excluding carboxylic acids is 1. The van der Waals surface area contributed by atoms with Gasteiger partial charge in [-0.05, 0) is 17.3 Å². The van der Waals surface area contributed by atoms with Crippen LogP contribution in [0, 0.1) is 0 Å². The van der Waals surface area contributed by atoms with E-state index in [0.717, 1.165) is 16.6 Å². The summed E-state index contributed by atoms with van der Waals surface area (Å²) in [6.45, 7) is 0.313. The lowest BCUT2D eigenvalue weighted by molar-refractivity contribution is -0.122. The molecule has 8 heteroatoms. The number of hydrogen-bond acceptors (Lipinski definition) is 5. The quantitative estimate of drug-likeness (QED) is 0.577. The second-order valence-corrected chi connectivity index (χ2v) is 5.49. The zero-order valence-electron chi connectivity index (χ0n) is 13.3. The van der Waals surface area contributed by atoms with Gasteiger partial charge in [0.15, 0.2) is 0 Å². The lowest BCUT2D eigenvalue weighted by Crippen LogP contribution is -2.28. The van der Waals surface area contributed by atoms with Crippen LogP contribution in [0.2, 0.25) is 0 Å². The average molecular weight is 333 g/mol. The van der Waals surface area contributed by atoms with Gasteiger partial charge in [0.1, 0.15) is 12.4 Å². The third kappa shape index (κ3) is 3.37. The van der Waals surface area contributed by atoms with Crippen molar-refractivity contribution in [2.24, 2.45) is 0 Å². The van der Waals surface area contributed by atoms with Crippen molar-refractivity contribution in [2.75, 3.05) is 0 Å². The van der Waals surface area contributed by atoms with Crippen LogP contribution in [0.3, 0.4) is 0 Å². The smallest absolute Gasteiger partial charge is 0.244 e. The summed E-state index contributed by atoms with van der Waals surface area (Å²) in [4.78, 5) is 20.9. The van der Waals surface area contributed by atoms with Crippen molar-refractivity contribution >= 4 is 16.9 Å². The summed E-state index contributed by atoms with van der Waals surface area (Å²) >= 11 is 0. The number of aromatic nitrogens is 6. The lowest BCUT2D eigenvalue weighted by Gasteiger charge is -2.01. The van der Waals surface area contributed by atoms with E-state index in [1.54, 1.807) is 0 Å². The van der Waals surface area contributed by atoms with Crippen molar-refractivity contribution in [1.29, 1.82) is 0 Å². The molecular weight excluding hydrogens is 318 g/mol. The first kappa shape index (κ1) is 15.0. The van der Waals surface area contributed by atoms with E-state index < -0.39 is 0 Å². The van der Waals surface area contributed by atoms with Crippen LogP contribution in [0.5, 0.6) is 0 Å². The molecule has 2 aromatic carbocycles. The van der Waals surface area contributed by atoms with E-state index in [1.807, 2.05) is 54.6 Å². The van der Waals surface area contributed by atoms with Crippen molar-refractivity contribution in [3.63, 3.8) is 0 Å². The van der Waals surface area contributed by atoms with E-state index in [-0.39, 0.29) is 12.5 Å². The van der Waals surface area contributed by atoms with Crippen LogP contribution in [0.15, 0.2) is 54.6 Å². The number of H-pyrrole nitrogens is 1. The Kier molecular flexibility index (Phi) is 3.91. The molecule has 2 heterocycles. The Morgan fingerprint density at radius 1 is 1.08 bits per heavy atom. The van der Waals surface area contributed by atoms with Gasteiger partial charge in [0, 0.05) is 5.56 Å². The molecule has 8 nitrogen and oxygen atoms in total. The number of para-hydroxylation sites is 2. The van der Waals surface area contributed by atoms with E-state index >= 15 is 0 Å². The maximum absolute atomic E-state index is 12.1. The number of benzene rings is 2. The van der Waals surface area contributed by atoms with Crippen molar-refractivity contribution in [1.82, 2.24) is 35.5 Å². The van der Waals surface area contributed by atoms with Crippen LogP contribution < -0.4 is 5.32 Å². The molecule has 0 saturated carbocycles. The van der Waals surface area contributed by atoms with E-state index in [0.29, 0.717) is 18.2 Å². The fraction of sp³-hybridized carbons (Fsp3) is 0.118. The number of nitrogens with one attached hydrogen (secondary N) is 2. The molecule has 124 valence electrons. The Bertz CT molecular complexity index is 973. The molecule has 0 saturated heterocycles. The third-order valence-corrected chi connectivity index (χ3v) is 3.66. The second kappa shape index (κ2) is 6.52. The molecular formula is C17H15N7O.